The molecule has 1 aromatic rings. The summed E-state index contributed by atoms with van der Waals surface area (Å²) in [4.78, 5) is 12.6. The zero-order valence-corrected chi connectivity index (χ0v) is 18.2. The van der Waals surface area contributed by atoms with Crippen LogP contribution in [0.4, 0.5) is 13.2 Å². The van der Waals surface area contributed by atoms with Crippen LogP contribution in [0.25, 0.3) is 0 Å². The monoisotopic (exact) mass is 434 g/mol. The highest BCUT2D eigenvalue weighted by molar-refractivity contribution is 5.75. The van der Waals surface area contributed by atoms with Gasteiger partial charge in [-0.25, -0.2) is 4.39 Å². The van der Waals surface area contributed by atoms with Gasteiger partial charge in [0.05, 0.1) is 5.92 Å². The van der Waals surface area contributed by atoms with Crippen molar-refractivity contribution in [2.45, 2.75) is 65.2 Å². The summed E-state index contributed by atoms with van der Waals surface area (Å²) in [6, 6.07) is 1.24. The first-order valence-corrected chi connectivity index (χ1v) is 10.9. The quantitative estimate of drug-likeness (QED) is 0.353. The number of hydrogen-bond acceptors (Lipinski definition) is 3. The molecule has 0 amide bonds. The van der Waals surface area contributed by atoms with Crippen LogP contribution in [0.2, 0.25) is 0 Å². The van der Waals surface area contributed by atoms with E-state index in [1.165, 1.54) is 6.07 Å². The van der Waals surface area contributed by atoms with Crippen LogP contribution in [0.5, 0.6) is 11.5 Å². The van der Waals surface area contributed by atoms with Gasteiger partial charge >= 0.3 is 5.97 Å². The van der Waals surface area contributed by atoms with Gasteiger partial charge in [-0.3, -0.25) is 4.79 Å². The highest BCUT2D eigenvalue weighted by atomic mass is 19.2. The van der Waals surface area contributed by atoms with Crippen molar-refractivity contribution in [3.8, 4) is 11.5 Å². The van der Waals surface area contributed by atoms with E-state index in [1.807, 2.05) is 0 Å². The molecule has 168 valence electrons. The van der Waals surface area contributed by atoms with Crippen LogP contribution in [-0.2, 0) is 11.2 Å². The van der Waals surface area contributed by atoms with Crippen molar-refractivity contribution in [3.05, 3.63) is 59.2 Å². The van der Waals surface area contributed by atoms with Crippen molar-refractivity contribution in [3.63, 3.8) is 0 Å². The van der Waals surface area contributed by atoms with Crippen molar-refractivity contribution in [2.75, 3.05) is 0 Å². The van der Waals surface area contributed by atoms with Crippen LogP contribution in [0.1, 0.15) is 64.4 Å². The maximum absolute atomic E-state index is 14.7. The Kier molecular flexibility index (Phi) is 7.29. The minimum absolute atomic E-state index is 0.0406. The molecule has 0 aromatic heterocycles. The number of carbonyl (C=O) groups excluding carboxylic acids is 1. The molecule has 6 heteroatoms. The van der Waals surface area contributed by atoms with Gasteiger partial charge < -0.3 is 9.47 Å². The molecular formula is C25H29F3O3. The normalized spacial score (nSPS) is 22.4. The number of benzene rings is 1. The molecule has 0 atom stereocenters. The van der Waals surface area contributed by atoms with E-state index >= 15 is 0 Å². The molecule has 0 unspecified atom stereocenters. The lowest BCUT2D eigenvalue weighted by molar-refractivity contribution is -0.140. The standard InChI is InChI=1S/C25H29F3O3/c1-5-7-16-8-10-17(11-9-16)25(29)30-19-13-18-12-15(4)23(20(26)14(3)6-2)31-24(18)22(28)21(19)27/h13,16-17H,3-12H2,1-2H3/b23-20-. The van der Waals surface area contributed by atoms with E-state index in [0.717, 1.165) is 25.7 Å². The molecule has 1 aliphatic heterocycles. The average Bonchev–Trinajstić information content (AvgIpc) is 2.76. The topological polar surface area (TPSA) is 35.5 Å². The first kappa shape index (κ1) is 23.2. The summed E-state index contributed by atoms with van der Waals surface area (Å²) < 4.78 is 54.5. The summed E-state index contributed by atoms with van der Waals surface area (Å²) in [6.45, 7) is 11.2. The Morgan fingerprint density at radius 2 is 1.87 bits per heavy atom. The van der Waals surface area contributed by atoms with E-state index in [9.17, 15) is 18.0 Å². The van der Waals surface area contributed by atoms with Gasteiger partial charge in [0, 0.05) is 12.0 Å². The number of ether oxygens (including phenoxy) is 2. The fourth-order valence-electron chi connectivity index (χ4n) is 4.24. The molecule has 1 heterocycles. The number of halogens is 3. The summed E-state index contributed by atoms with van der Waals surface area (Å²) in [5, 5.41) is 0. The fourth-order valence-corrected chi connectivity index (χ4v) is 4.24. The highest BCUT2D eigenvalue weighted by Crippen LogP contribution is 2.41. The number of fused-ring (bicyclic) bond motifs is 1. The molecule has 0 N–H and O–H groups in total. The number of carbonyl (C=O) groups is 1. The number of rotatable bonds is 6. The molecule has 1 aromatic carbocycles. The molecule has 31 heavy (non-hydrogen) atoms. The van der Waals surface area contributed by atoms with Gasteiger partial charge in [-0.1, -0.05) is 39.8 Å². The molecule has 1 fully saturated rings. The summed E-state index contributed by atoms with van der Waals surface area (Å²) >= 11 is 0. The van der Waals surface area contributed by atoms with Crippen LogP contribution in [0, 0.1) is 23.5 Å². The van der Waals surface area contributed by atoms with Gasteiger partial charge in [-0.2, -0.15) is 8.78 Å². The maximum atomic E-state index is 14.7. The van der Waals surface area contributed by atoms with E-state index in [1.54, 1.807) is 6.92 Å². The minimum atomic E-state index is -1.33. The lowest BCUT2D eigenvalue weighted by atomic mass is 9.80. The second-order valence-corrected chi connectivity index (χ2v) is 8.40. The molecule has 3 nitrogen and oxygen atoms in total. The first-order chi connectivity index (χ1) is 14.8. The summed E-state index contributed by atoms with van der Waals surface area (Å²) in [6.07, 6.45) is 5.88. The minimum Gasteiger partial charge on any atom is -0.450 e. The molecule has 1 saturated carbocycles. The van der Waals surface area contributed by atoms with Crippen LogP contribution in [0.3, 0.4) is 0 Å². The predicted octanol–water partition coefficient (Wildman–Crippen LogP) is 7.12. The average molecular weight is 434 g/mol. The van der Waals surface area contributed by atoms with Crippen LogP contribution in [0.15, 0.2) is 42.0 Å². The second-order valence-electron chi connectivity index (χ2n) is 8.40. The maximum Gasteiger partial charge on any atom is 0.314 e. The Balaban J connectivity index is 1.79. The van der Waals surface area contributed by atoms with E-state index in [-0.39, 0.29) is 34.8 Å². The number of allylic oxidation sites excluding steroid dienone is 3. The first-order valence-electron chi connectivity index (χ1n) is 10.9. The largest absolute Gasteiger partial charge is 0.450 e. The second kappa shape index (κ2) is 9.75. The molecule has 3 rings (SSSR count). The molecule has 2 aliphatic rings. The lowest BCUT2D eigenvalue weighted by Gasteiger charge is -2.27. The van der Waals surface area contributed by atoms with Crippen molar-refractivity contribution >= 4 is 5.97 Å². The molecular weight excluding hydrogens is 405 g/mol. The van der Waals surface area contributed by atoms with Gasteiger partial charge in [0.2, 0.25) is 11.6 Å². The van der Waals surface area contributed by atoms with Gasteiger partial charge in [0.1, 0.15) is 0 Å². The summed E-state index contributed by atoms with van der Waals surface area (Å²) in [7, 11) is 0. The van der Waals surface area contributed by atoms with E-state index in [0.29, 0.717) is 25.2 Å². The smallest absolute Gasteiger partial charge is 0.314 e. The molecule has 0 bridgehead atoms. The third kappa shape index (κ3) is 4.89. The Morgan fingerprint density at radius 1 is 1.19 bits per heavy atom. The van der Waals surface area contributed by atoms with Gasteiger partial charge in [-0.15, -0.1) is 0 Å². The van der Waals surface area contributed by atoms with Gasteiger partial charge in [0.15, 0.2) is 23.1 Å². The van der Waals surface area contributed by atoms with Crippen LogP contribution < -0.4 is 9.47 Å². The van der Waals surface area contributed by atoms with Crippen LogP contribution in [-0.4, -0.2) is 5.97 Å². The summed E-state index contributed by atoms with van der Waals surface area (Å²) in [5.41, 5.74) is 0.703. The lowest BCUT2D eigenvalue weighted by Crippen LogP contribution is -2.26. The third-order valence-electron chi connectivity index (χ3n) is 6.16. The van der Waals surface area contributed by atoms with Crippen molar-refractivity contribution in [2.24, 2.45) is 11.8 Å². The number of hydrogen-bond donors (Lipinski definition) is 0. The molecule has 1 aliphatic carbocycles. The zero-order valence-electron chi connectivity index (χ0n) is 18.2. The summed E-state index contributed by atoms with van der Waals surface area (Å²) in [5.74, 6) is -4.76. The Morgan fingerprint density at radius 3 is 2.48 bits per heavy atom. The molecule has 0 spiro atoms. The Hall–Kier alpha value is -2.50. The Bertz CT molecular complexity index is 924. The zero-order chi connectivity index (χ0) is 22.7. The highest BCUT2D eigenvalue weighted by Gasteiger charge is 2.32. The molecule has 0 saturated heterocycles. The SMILES string of the molecule is C=C(CC)/C(F)=C1/Oc2c(cc(OC(=O)C3CCC(CCC)CC3)c(F)c2F)CC1=C. The van der Waals surface area contributed by atoms with E-state index in [4.69, 9.17) is 9.47 Å². The fraction of sp³-hybridized carbons (Fsp3) is 0.480. The molecule has 0 radical (unpaired) electrons. The van der Waals surface area contributed by atoms with E-state index < -0.39 is 34.9 Å². The van der Waals surface area contributed by atoms with Crippen molar-refractivity contribution < 1.29 is 27.4 Å². The Labute approximate surface area is 181 Å². The number of esters is 1. The van der Waals surface area contributed by atoms with E-state index in [2.05, 4.69) is 20.1 Å². The third-order valence-corrected chi connectivity index (χ3v) is 6.16. The van der Waals surface area contributed by atoms with Gasteiger partial charge in [0.25, 0.3) is 0 Å². The predicted molar refractivity (Wildman–Crippen MR) is 113 cm³/mol. The van der Waals surface area contributed by atoms with Crippen molar-refractivity contribution in [1.29, 1.82) is 0 Å². The van der Waals surface area contributed by atoms with Crippen LogP contribution >= 0.6 is 0 Å². The van der Waals surface area contributed by atoms with Crippen molar-refractivity contribution in [1.82, 2.24) is 0 Å². The van der Waals surface area contributed by atoms with Gasteiger partial charge in [-0.05, 0) is 55.2 Å².